The first-order valence-corrected chi connectivity index (χ1v) is 4.84. The van der Waals surface area contributed by atoms with Crippen molar-refractivity contribution in [2.45, 2.75) is 18.9 Å². The van der Waals surface area contributed by atoms with Crippen molar-refractivity contribution in [2.24, 2.45) is 11.5 Å². The van der Waals surface area contributed by atoms with Crippen LogP contribution >= 0.6 is 0 Å². The number of rotatable bonds is 1. The van der Waals surface area contributed by atoms with E-state index in [4.69, 9.17) is 11.5 Å². The average molecular weight is 202 g/mol. The van der Waals surface area contributed by atoms with Crippen molar-refractivity contribution < 1.29 is 0 Å². The summed E-state index contributed by atoms with van der Waals surface area (Å²) < 4.78 is 0. The van der Waals surface area contributed by atoms with Crippen molar-refractivity contribution >= 4 is 0 Å². The summed E-state index contributed by atoms with van der Waals surface area (Å²) in [6.45, 7) is 1.92. The van der Waals surface area contributed by atoms with E-state index in [2.05, 4.69) is 9.97 Å². The second-order valence-electron chi connectivity index (χ2n) is 3.80. The minimum Gasteiger partial charge on any atom is -0.399 e. The van der Waals surface area contributed by atoms with Crippen molar-refractivity contribution in [2.75, 3.05) is 0 Å². The molecule has 0 bridgehead atoms. The van der Waals surface area contributed by atoms with E-state index >= 15 is 0 Å². The zero-order chi connectivity index (χ0) is 10.9. The van der Waals surface area contributed by atoms with Crippen LogP contribution in [0.2, 0.25) is 0 Å². The smallest absolute Gasteiger partial charge is 0.152 e. The third-order valence-corrected chi connectivity index (χ3v) is 2.46. The standard InChI is InChI=1S/C11H14N4/c1-8-4-7-14-10(15-8)11(13)5-2-9(12)3-6-11/h2-5,7H,6,12-13H2,1H3. The van der Waals surface area contributed by atoms with Gasteiger partial charge in [-0.05, 0) is 25.5 Å². The largest absolute Gasteiger partial charge is 0.399 e. The highest BCUT2D eigenvalue weighted by Crippen LogP contribution is 2.25. The third-order valence-electron chi connectivity index (χ3n) is 2.46. The SMILES string of the molecule is Cc1ccnc(C2(N)C=CC(N)=CC2)n1. The van der Waals surface area contributed by atoms with Gasteiger partial charge in [0.25, 0.3) is 0 Å². The quantitative estimate of drug-likeness (QED) is 0.704. The Bertz CT molecular complexity index is 436. The molecule has 1 heterocycles. The lowest BCUT2D eigenvalue weighted by Crippen LogP contribution is -2.37. The highest BCUT2D eigenvalue weighted by molar-refractivity contribution is 5.30. The molecular formula is C11H14N4. The number of hydrogen-bond acceptors (Lipinski definition) is 4. The molecule has 1 aromatic heterocycles. The molecule has 0 aliphatic heterocycles. The third kappa shape index (κ3) is 1.89. The van der Waals surface area contributed by atoms with Crippen molar-refractivity contribution in [1.82, 2.24) is 9.97 Å². The Labute approximate surface area is 88.7 Å². The highest BCUT2D eigenvalue weighted by atomic mass is 15.0. The lowest BCUT2D eigenvalue weighted by atomic mass is 9.90. The van der Waals surface area contributed by atoms with E-state index in [0.717, 1.165) is 11.4 Å². The van der Waals surface area contributed by atoms with Crippen molar-refractivity contribution in [3.63, 3.8) is 0 Å². The van der Waals surface area contributed by atoms with Crippen LogP contribution in [0.4, 0.5) is 0 Å². The Morgan fingerprint density at radius 3 is 2.87 bits per heavy atom. The van der Waals surface area contributed by atoms with E-state index in [1.54, 1.807) is 12.3 Å². The van der Waals surface area contributed by atoms with E-state index < -0.39 is 5.54 Å². The molecule has 1 aliphatic carbocycles. The number of nitrogens with zero attached hydrogens (tertiary/aromatic N) is 2. The topological polar surface area (TPSA) is 77.8 Å². The van der Waals surface area contributed by atoms with Gasteiger partial charge >= 0.3 is 0 Å². The predicted octanol–water partition coefficient (Wildman–Crippen LogP) is 0.742. The van der Waals surface area contributed by atoms with Gasteiger partial charge in [0.05, 0.1) is 5.54 Å². The van der Waals surface area contributed by atoms with Crippen molar-refractivity contribution in [3.8, 4) is 0 Å². The molecule has 0 amide bonds. The van der Waals surface area contributed by atoms with Crippen molar-refractivity contribution in [1.29, 1.82) is 0 Å². The van der Waals surface area contributed by atoms with Gasteiger partial charge in [0.2, 0.25) is 0 Å². The molecule has 1 aliphatic rings. The molecule has 0 saturated carbocycles. The van der Waals surface area contributed by atoms with Gasteiger partial charge < -0.3 is 11.5 Å². The van der Waals surface area contributed by atoms with E-state index in [1.165, 1.54) is 0 Å². The van der Waals surface area contributed by atoms with Crippen LogP contribution in [0.1, 0.15) is 17.9 Å². The monoisotopic (exact) mass is 202 g/mol. The zero-order valence-corrected chi connectivity index (χ0v) is 8.64. The number of aromatic nitrogens is 2. The fourth-order valence-electron chi connectivity index (χ4n) is 1.51. The molecule has 0 spiro atoms. The van der Waals surface area contributed by atoms with Gasteiger partial charge in [0, 0.05) is 17.6 Å². The fraction of sp³-hybridized carbons (Fsp3) is 0.273. The Kier molecular flexibility index (Phi) is 2.28. The Morgan fingerprint density at radius 2 is 2.27 bits per heavy atom. The summed E-state index contributed by atoms with van der Waals surface area (Å²) in [6.07, 6.45) is 7.92. The zero-order valence-electron chi connectivity index (χ0n) is 8.64. The second kappa shape index (κ2) is 3.47. The first kappa shape index (κ1) is 9.86. The summed E-state index contributed by atoms with van der Waals surface area (Å²) >= 11 is 0. The predicted molar refractivity (Wildman–Crippen MR) is 58.7 cm³/mol. The minimum atomic E-state index is -0.616. The van der Waals surface area contributed by atoms with Crippen LogP contribution in [-0.4, -0.2) is 9.97 Å². The van der Waals surface area contributed by atoms with Crippen LogP contribution in [0.25, 0.3) is 0 Å². The van der Waals surface area contributed by atoms with Gasteiger partial charge in [-0.25, -0.2) is 9.97 Å². The Balaban J connectivity index is 2.36. The molecule has 2 rings (SSSR count). The fourth-order valence-corrected chi connectivity index (χ4v) is 1.51. The van der Waals surface area contributed by atoms with E-state index in [9.17, 15) is 0 Å². The maximum absolute atomic E-state index is 6.20. The normalized spacial score (nSPS) is 25.1. The van der Waals surface area contributed by atoms with Crippen LogP contribution in [0.5, 0.6) is 0 Å². The second-order valence-corrected chi connectivity index (χ2v) is 3.80. The van der Waals surface area contributed by atoms with Crippen molar-refractivity contribution in [3.05, 3.63) is 47.7 Å². The van der Waals surface area contributed by atoms with E-state index in [-0.39, 0.29) is 0 Å². The number of nitrogens with two attached hydrogens (primary N) is 2. The number of aryl methyl sites for hydroxylation is 1. The molecule has 0 radical (unpaired) electrons. The van der Waals surface area contributed by atoms with Crippen LogP contribution < -0.4 is 11.5 Å². The molecule has 0 fully saturated rings. The summed E-state index contributed by atoms with van der Waals surface area (Å²) in [6, 6.07) is 1.85. The van der Waals surface area contributed by atoms with Gasteiger partial charge in [0.15, 0.2) is 5.82 Å². The average Bonchev–Trinajstić information content (AvgIpc) is 2.23. The maximum Gasteiger partial charge on any atom is 0.152 e. The lowest BCUT2D eigenvalue weighted by Gasteiger charge is -2.25. The summed E-state index contributed by atoms with van der Waals surface area (Å²) in [4.78, 5) is 8.54. The molecule has 0 aromatic carbocycles. The van der Waals surface area contributed by atoms with Gasteiger partial charge in [0.1, 0.15) is 0 Å². The Morgan fingerprint density at radius 1 is 1.47 bits per heavy atom. The Hall–Kier alpha value is -1.68. The molecule has 1 unspecified atom stereocenters. The summed E-state index contributed by atoms with van der Waals surface area (Å²) in [5, 5.41) is 0. The first-order chi connectivity index (χ1) is 7.10. The van der Waals surface area contributed by atoms with Crippen LogP contribution in [0.15, 0.2) is 36.2 Å². The molecule has 0 saturated heterocycles. The molecule has 1 atom stereocenters. The molecule has 4 heteroatoms. The van der Waals surface area contributed by atoms with Gasteiger partial charge in [-0.1, -0.05) is 12.2 Å². The van der Waals surface area contributed by atoms with Crippen LogP contribution in [-0.2, 0) is 5.54 Å². The molecular weight excluding hydrogens is 188 g/mol. The van der Waals surface area contributed by atoms with E-state index in [0.29, 0.717) is 12.2 Å². The van der Waals surface area contributed by atoms with Crippen LogP contribution in [0, 0.1) is 6.92 Å². The van der Waals surface area contributed by atoms with Gasteiger partial charge in [-0.3, -0.25) is 0 Å². The molecule has 78 valence electrons. The number of allylic oxidation sites excluding steroid dienone is 1. The van der Waals surface area contributed by atoms with E-state index in [1.807, 2.05) is 25.1 Å². The number of hydrogen-bond donors (Lipinski definition) is 2. The van der Waals surface area contributed by atoms with Gasteiger partial charge in [-0.15, -0.1) is 0 Å². The summed E-state index contributed by atoms with van der Waals surface area (Å²) in [5.74, 6) is 0.641. The van der Waals surface area contributed by atoms with Crippen LogP contribution in [0.3, 0.4) is 0 Å². The maximum atomic E-state index is 6.20. The lowest BCUT2D eigenvalue weighted by molar-refractivity contribution is 0.521. The van der Waals surface area contributed by atoms with Gasteiger partial charge in [-0.2, -0.15) is 0 Å². The summed E-state index contributed by atoms with van der Waals surface area (Å²) in [7, 11) is 0. The highest BCUT2D eigenvalue weighted by Gasteiger charge is 2.28. The summed E-state index contributed by atoms with van der Waals surface area (Å²) in [5.41, 5.74) is 12.9. The molecule has 15 heavy (non-hydrogen) atoms. The molecule has 4 nitrogen and oxygen atoms in total. The molecule has 1 aromatic rings. The minimum absolute atomic E-state index is 0.616. The molecule has 4 N–H and O–H groups in total. The first-order valence-electron chi connectivity index (χ1n) is 4.84.